The second-order valence-electron chi connectivity index (χ2n) is 5.43. The lowest BCUT2D eigenvalue weighted by molar-refractivity contribution is -0.118. The number of likely N-dealkylation sites (N-methyl/N-ethyl adjacent to an activating group) is 1. The summed E-state index contributed by atoms with van der Waals surface area (Å²) in [6.07, 6.45) is 0.789. The topological polar surface area (TPSA) is 60.9 Å². The molecule has 1 aliphatic rings. The molecule has 1 aromatic carbocycles. The Labute approximate surface area is 126 Å². The second-order valence-corrected chi connectivity index (χ2v) is 7.44. The van der Waals surface area contributed by atoms with Crippen molar-refractivity contribution in [2.45, 2.75) is 11.3 Å². The van der Waals surface area contributed by atoms with Crippen molar-refractivity contribution in [2.24, 2.45) is 0 Å². The Balaban J connectivity index is 2.38. The van der Waals surface area contributed by atoms with E-state index in [1.165, 1.54) is 7.05 Å². The maximum Gasteiger partial charge on any atom is 0.245 e. The number of nitrogens with zero attached hydrogens (tertiary/aromatic N) is 3. The molecule has 1 aromatic rings. The van der Waals surface area contributed by atoms with Gasteiger partial charge in [-0.1, -0.05) is 12.1 Å². The van der Waals surface area contributed by atoms with Crippen LogP contribution in [0.5, 0.6) is 0 Å². The molecule has 0 spiro atoms. The summed E-state index contributed by atoms with van der Waals surface area (Å²) in [7, 11) is 1.77. The molecule has 116 valence electrons. The first-order valence-corrected chi connectivity index (χ1v) is 8.28. The molecule has 0 radical (unpaired) electrons. The van der Waals surface area contributed by atoms with Gasteiger partial charge in [0, 0.05) is 13.6 Å². The fourth-order valence-electron chi connectivity index (χ4n) is 2.35. The van der Waals surface area contributed by atoms with E-state index in [-0.39, 0.29) is 17.3 Å². The predicted octanol–water partition coefficient (Wildman–Crippen LogP) is 0.605. The van der Waals surface area contributed by atoms with Crippen LogP contribution < -0.4 is 4.90 Å². The van der Waals surface area contributed by atoms with Crippen LogP contribution in [0, 0.1) is 0 Å². The number of hydrogen-bond acceptors (Lipinski definition) is 4. The van der Waals surface area contributed by atoms with Crippen LogP contribution in [0.3, 0.4) is 0 Å². The molecule has 2 rings (SSSR count). The highest BCUT2D eigenvalue weighted by atomic mass is 32.2. The monoisotopic (exact) mass is 311 g/mol. The highest BCUT2D eigenvalue weighted by Crippen LogP contribution is 2.30. The van der Waals surface area contributed by atoms with Crippen molar-refractivity contribution in [3.8, 4) is 0 Å². The molecule has 6 nitrogen and oxygen atoms in total. The molecule has 21 heavy (non-hydrogen) atoms. The average Bonchev–Trinajstić information content (AvgIpc) is 2.48. The van der Waals surface area contributed by atoms with Gasteiger partial charge in [0.15, 0.2) is 0 Å². The first-order valence-electron chi connectivity index (χ1n) is 6.84. The van der Waals surface area contributed by atoms with Crippen LogP contribution in [0.25, 0.3) is 0 Å². The number of anilines is 1. The minimum Gasteiger partial charge on any atom is -0.310 e. The number of carbonyl (C=O) groups is 1. The first-order chi connectivity index (χ1) is 9.84. The van der Waals surface area contributed by atoms with Crippen LogP contribution in [0.1, 0.15) is 6.42 Å². The van der Waals surface area contributed by atoms with E-state index in [9.17, 15) is 13.2 Å². The van der Waals surface area contributed by atoms with Crippen LogP contribution in [0.2, 0.25) is 0 Å². The quantitative estimate of drug-likeness (QED) is 0.817. The van der Waals surface area contributed by atoms with Gasteiger partial charge in [-0.05, 0) is 39.2 Å². The predicted molar refractivity (Wildman–Crippen MR) is 81.8 cm³/mol. The molecule has 1 amide bonds. The standard InChI is InChI=1S/C14H21N3O3S/c1-15(2)9-6-10-17-12-7-4-5-8-13(12)21(19,20)16(3)11-14(17)18/h4-5,7-8H,6,9-11H2,1-3H3. The summed E-state index contributed by atoms with van der Waals surface area (Å²) in [6.45, 7) is 1.23. The smallest absolute Gasteiger partial charge is 0.245 e. The van der Waals surface area contributed by atoms with E-state index in [0.29, 0.717) is 12.2 Å². The SMILES string of the molecule is CN(C)CCCN1C(=O)CN(C)S(=O)(=O)c2ccccc21. The molecule has 7 heteroatoms. The molecule has 1 aliphatic heterocycles. The molecule has 0 atom stereocenters. The number of para-hydroxylation sites is 1. The summed E-state index contributed by atoms with van der Waals surface area (Å²) in [4.78, 5) is 16.2. The maximum atomic E-state index is 12.4. The fourth-order valence-corrected chi connectivity index (χ4v) is 3.66. The zero-order valence-corrected chi connectivity index (χ0v) is 13.4. The lowest BCUT2D eigenvalue weighted by Crippen LogP contribution is -2.38. The van der Waals surface area contributed by atoms with Gasteiger partial charge in [-0.25, -0.2) is 8.42 Å². The molecule has 0 saturated carbocycles. The molecule has 0 bridgehead atoms. The number of carbonyl (C=O) groups excluding carboxylic acids is 1. The molecule has 0 saturated heterocycles. The summed E-state index contributed by atoms with van der Waals surface area (Å²) < 4.78 is 26.0. The summed E-state index contributed by atoms with van der Waals surface area (Å²) in [5.74, 6) is -0.190. The van der Waals surface area contributed by atoms with E-state index in [2.05, 4.69) is 0 Å². The highest BCUT2D eigenvalue weighted by molar-refractivity contribution is 7.89. The zero-order chi connectivity index (χ0) is 15.6. The Hall–Kier alpha value is -1.44. The number of sulfonamides is 1. The lowest BCUT2D eigenvalue weighted by Gasteiger charge is -2.22. The van der Waals surface area contributed by atoms with Gasteiger partial charge in [0.2, 0.25) is 15.9 Å². The number of fused-ring (bicyclic) bond motifs is 1. The Morgan fingerprint density at radius 3 is 2.57 bits per heavy atom. The third kappa shape index (κ3) is 3.25. The third-order valence-electron chi connectivity index (χ3n) is 3.49. The molecule has 0 aromatic heterocycles. The highest BCUT2D eigenvalue weighted by Gasteiger charge is 2.33. The lowest BCUT2D eigenvalue weighted by atomic mass is 10.2. The third-order valence-corrected chi connectivity index (χ3v) is 5.34. The molecule has 0 aliphatic carbocycles. The van der Waals surface area contributed by atoms with Crippen LogP contribution in [-0.4, -0.2) is 64.3 Å². The van der Waals surface area contributed by atoms with Gasteiger partial charge < -0.3 is 9.80 Å². The number of amides is 1. The molecule has 0 N–H and O–H groups in total. The number of benzene rings is 1. The molecular formula is C14H21N3O3S. The van der Waals surface area contributed by atoms with Gasteiger partial charge >= 0.3 is 0 Å². The molecule has 0 fully saturated rings. The van der Waals surface area contributed by atoms with Crippen LogP contribution in [-0.2, 0) is 14.8 Å². The van der Waals surface area contributed by atoms with E-state index < -0.39 is 10.0 Å². The van der Waals surface area contributed by atoms with Gasteiger partial charge in [0.1, 0.15) is 4.90 Å². The average molecular weight is 311 g/mol. The fraction of sp³-hybridized carbons (Fsp3) is 0.500. The second kappa shape index (κ2) is 6.13. The minimum absolute atomic E-state index is 0.126. The van der Waals surface area contributed by atoms with E-state index in [1.54, 1.807) is 29.2 Å². The zero-order valence-electron chi connectivity index (χ0n) is 12.6. The Kier molecular flexibility index (Phi) is 4.65. The van der Waals surface area contributed by atoms with Crippen LogP contribution >= 0.6 is 0 Å². The van der Waals surface area contributed by atoms with E-state index in [1.807, 2.05) is 19.0 Å². The molecule has 1 heterocycles. The molecule has 0 unspecified atom stereocenters. The normalized spacial score (nSPS) is 18.7. The summed E-state index contributed by atoms with van der Waals surface area (Å²) in [5, 5.41) is 0. The number of hydrogen-bond donors (Lipinski definition) is 0. The van der Waals surface area contributed by atoms with Crippen molar-refractivity contribution >= 4 is 21.6 Å². The van der Waals surface area contributed by atoms with Crippen molar-refractivity contribution in [3.63, 3.8) is 0 Å². The molecular weight excluding hydrogens is 290 g/mol. The van der Waals surface area contributed by atoms with E-state index in [0.717, 1.165) is 17.3 Å². The Morgan fingerprint density at radius 2 is 1.90 bits per heavy atom. The summed E-state index contributed by atoms with van der Waals surface area (Å²) in [5.41, 5.74) is 0.477. The van der Waals surface area contributed by atoms with Gasteiger partial charge in [-0.3, -0.25) is 4.79 Å². The van der Waals surface area contributed by atoms with Crippen molar-refractivity contribution < 1.29 is 13.2 Å². The number of rotatable bonds is 4. The van der Waals surface area contributed by atoms with Crippen molar-refractivity contribution in [1.29, 1.82) is 0 Å². The van der Waals surface area contributed by atoms with Crippen molar-refractivity contribution in [2.75, 3.05) is 45.7 Å². The maximum absolute atomic E-state index is 12.4. The first kappa shape index (κ1) is 15.9. The summed E-state index contributed by atoms with van der Waals surface area (Å²) >= 11 is 0. The van der Waals surface area contributed by atoms with E-state index in [4.69, 9.17) is 0 Å². The van der Waals surface area contributed by atoms with Gasteiger partial charge in [-0.2, -0.15) is 4.31 Å². The van der Waals surface area contributed by atoms with Crippen LogP contribution in [0.4, 0.5) is 5.69 Å². The minimum atomic E-state index is -3.60. The Morgan fingerprint density at radius 1 is 1.24 bits per heavy atom. The van der Waals surface area contributed by atoms with Crippen molar-refractivity contribution in [3.05, 3.63) is 24.3 Å². The van der Waals surface area contributed by atoms with Gasteiger partial charge in [-0.15, -0.1) is 0 Å². The van der Waals surface area contributed by atoms with Crippen LogP contribution in [0.15, 0.2) is 29.2 Å². The Bertz CT molecular complexity index is 628. The van der Waals surface area contributed by atoms with Crippen molar-refractivity contribution in [1.82, 2.24) is 9.21 Å². The largest absolute Gasteiger partial charge is 0.310 e. The van der Waals surface area contributed by atoms with Gasteiger partial charge in [0.25, 0.3) is 0 Å². The summed E-state index contributed by atoms with van der Waals surface area (Å²) in [6, 6.07) is 6.68. The van der Waals surface area contributed by atoms with Gasteiger partial charge in [0.05, 0.1) is 12.2 Å². The van der Waals surface area contributed by atoms with E-state index >= 15 is 0 Å².